The van der Waals surface area contributed by atoms with E-state index < -0.39 is 0 Å². The minimum absolute atomic E-state index is 0. The first kappa shape index (κ1) is 18.9. The van der Waals surface area contributed by atoms with Gasteiger partial charge in [-0.1, -0.05) is 19.3 Å². The summed E-state index contributed by atoms with van der Waals surface area (Å²) >= 11 is 0. The van der Waals surface area contributed by atoms with Gasteiger partial charge in [0.2, 0.25) is 0 Å². The second-order valence-electron chi connectivity index (χ2n) is 7.27. The molecule has 3 aliphatic rings. The van der Waals surface area contributed by atoms with E-state index in [1.54, 1.807) is 18.2 Å². The number of benzene rings is 1. The number of nitrogens with zero attached hydrogens (tertiary/aromatic N) is 1. The zero-order valence-electron chi connectivity index (χ0n) is 14.6. The number of hydrogen-bond donors (Lipinski definition) is 2. The summed E-state index contributed by atoms with van der Waals surface area (Å²) in [6, 6.07) is 4.85. The maximum Gasteiger partial charge on any atom is 0.261 e. The minimum atomic E-state index is -0.246. The summed E-state index contributed by atoms with van der Waals surface area (Å²) in [5, 5.41) is 6.07. The highest BCUT2D eigenvalue weighted by molar-refractivity contribution is 6.22. The topological polar surface area (TPSA) is 78.5 Å². The van der Waals surface area contributed by atoms with Gasteiger partial charge in [-0.25, -0.2) is 0 Å². The number of amides is 3. The monoisotopic (exact) mass is 377 g/mol. The Hall–Kier alpha value is -1.92. The molecule has 140 valence electrons. The molecule has 1 aromatic carbocycles. The molecule has 1 aromatic rings. The Kier molecular flexibility index (Phi) is 5.63. The van der Waals surface area contributed by atoms with Crippen LogP contribution in [0.25, 0.3) is 0 Å². The van der Waals surface area contributed by atoms with E-state index in [9.17, 15) is 14.4 Å². The van der Waals surface area contributed by atoms with Crippen molar-refractivity contribution in [2.75, 3.05) is 19.6 Å². The lowest BCUT2D eigenvalue weighted by atomic mass is 9.94. The molecular formula is C19H24ClN3O3. The van der Waals surface area contributed by atoms with Gasteiger partial charge in [-0.15, -0.1) is 12.4 Å². The quantitative estimate of drug-likeness (QED) is 0.786. The van der Waals surface area contributed by atoms with Crippen LogP contribution in [0.1, 0.15) is 63.2 Å². The summed E-state index contributed by atoms with van der Waals surface area (Å²) in [7, 11) is 0. The Bertz CT molecular complexity index is 727. The summed E-state index contributed by atoms with van der Waals surface area (Å²) in [6.07, 6.45) is 5.05. The van der Waals surface area contributed by atoms with Crippen molar-refractivity contribution in [3.8, 4) is 0 Å². The summed E-state index contributed by atoms with van der Waals surface area (Å²) < 4.78 is 0. The summed E-state index contributed by atoms with van der Waals surface area (Å²) in [6.45, 7) is 2.48. The highest BCUT2D eigenvalue weighted by Gasteiger charge is 2.40. The molecule has 2 heterocycles. The lowest BCUT2D eigenvalue weighted by molar-refractivity contribution is 0.0549. The van der Waals surface area contributed by atoms with Gasteiger partial charge in [0.25, 0.3) is 17.7 Å². The molecule has 0 aromatic heterocycles. The van der Waals surface area contributed by atoms with Crippen LogP contribution in [0.5, 0.6) is 0 Å². The Morgan fingerprint density at radius 2 is 1.77 bits per heavy atom. The summed E-state index contributed by atoms with van der Waals surface area (Å²) in [5.74, 6) is -0.168. The molecule has 0 atom stereocenters. The molecule has 7 heteroatoms. The third-order valence-electron chi connectivity index (χ3n) is 5.54. The second-order valence-corrected chi connectivity index (χ2v) is 7.27. The fourth-order valence-electron chi connectivity index (χ4n) is 3.90. The summed E-state index contributed by atoms with van der Waals surface area (Å²) in [4.78, 5) is 39.2. The van der Waals surface area contributed by atoms with Gasteiger partial charge in [-0.2, -0.15) is 0 Å². The Labute approximate surface area is 159 Å². The normalized spacial score (nSPS) is 20.4. The fourth-order valence-corrected chi connectivity index (χ4v) is 3.90. The molecule has 0 unspecified atom stereocenters. The Morgan fingerprint density at radius 3 is 2.42 bits per heavy atom. The van der Waals surface area contributed by atoms with Gasteiger partial charge in [0.05, 0.1) is 11.1 Å². The lowest BCUT2D eigenvalue weighted by Gasteiger charge is -2.29. The van der Waals surface area contributed by atoms with Gasteiger partial charge in [-0.3, -0.25) is 19.3 Å². The SMILES string of the molecule is Cl.O=C(NCC1CNC1)c1ccc2c(c1)C(=O)N(C1CCCCC1)C2=O. The molecule has 0 bridgehead atoms. The van der Waals surface area contributed by atoms with Gasteiger partial charge in [0.1, 0.15) is 0 Å². The molecule has 26 heavy (non-hydrogen) atoms. The zero-order valence-corrected chi connectivity index (χ0v) is 15.4. The number of fused-ring (bicyclic) bond motifs is 1. The predicted octanol–water partition coefficient (Wildman–Crippen LogP) is 1.99. The van der Waals surface area contributed by atoms with E-state index >= 15 is 0 Å². The first-order valence-electron chi connectivity index (χ1n) is 9.16. The molecule has 1 saturated heterocycles. The molecule has 6 nitrogen and oxygen atoms in total. The zero-order chi connectivity index (χ0) is 17.4. The fraction of sp³-hybridized carbons (Fsp3) is 0.526. The van der Waals surface area contributed by atoms with Crippen LogP contribution < -0.4 is 10.6 Å². The van der Waals surface area contributed by atoms with Crippen molar-refractivity contribution in [2.45, 2.75) is 38.1 Å². The Balaban J connectivity index is 0.00000196. The number of halogens is 1. The summed E-state index contributed by atoms with van der Waals surface area (Å²) in [5.41, 5.74) is 1.24. The minimum Gasteiger partial charge on any atom is -0.352 e. The van der Waals surface area contributed by atoms with Crippen LogP contribution in [0, 0.1) is 5.92 Å². The van der Waals surface area contributed by atoms with Crippen molar-refractivity contribution in [3.63, 3.8) is 0 Å². The smallest absolute Gasteiger partial charge is 0.261 e. The molecular weight excluding hydrogens is 354 g/mol. The predicted molar refractivity (Wildman–Crippen MR) is 99.8 cm³/mol. The van der Waals surface area contributed by atoms with Crippen LogP contribution in [0.4, 0.5) is 0 Å². The number of carbonyl (C=O) groups is 3. The molecule has 2 fully saturated rings. The highest BCUT2D eigenvalue weighted by Crippen LogP contribution is 2.31. The van der Waals surface area contributed by atoms with Crippen LogP contribution in [0.3, 0.4) is 0 Å². The van der Waals surface area contributed by atoms with E-state index in [4.69, 9.17) is 0 Å². The lowest BCUT2D eigenvalue weighted by Crippen LogP contribution is -2.48. The van der Waals surface area contributed by atoms with Gasteiger partial charge in [-0.05, 0) is 31.0 Å². The van der Waals surface area contributed by atoms with E-state index in [2.05, 4.69) is 10.6 Å². The molecule has 3 amide bonds. The van der Waals surface area contributed by atoms with E-state index in [1.165, 1.54) is 11.3 Å². The number of carbonyl (C=O) groups excluding carboxylic acids is 3. The van der Waals surface area contributed by atoms with Crippen molar-refractivity contribution in [1.29, 1.82) is 0 Å². The standard InChI is InChI=1S/C19H23N3O3.ClH/c23-17(21-11-12-9-20-10-12)13-6-7-15-16(8-13)19(25)22(18(15)24)14-4-2-1-3-5-14;/h6-8,12,14,20H,1-5,9-11H2,(H,21,23);1H. The van der Waals surface area contributed by atoms with Crippen molar-refractivity contribution in [1.82, 2.24) is 15.5 Å². The Morgan fingerprint density at radius 1 is 1.08 bits per heavy atom. The molecule has 0 radical (unpaired) electrons. The first-order valence-corrected chi connectivity index (χ1v) is 9.16. The van der Waals surface area contributed by atoms with Crippen molar-refractivity contribution < 1.29 is 14.4 Å². The molecule has 4 rings (SSSR count). The number of nitrogens with one attached hydrogen (secondary N) is 2. The number of rotatable bonds is 4. The average Bonchev–Trinajstić information content (AvgIpc) is 2.85. The van der Waals surface area contributed by atoms with Gasteiger partial charge < -0.3 is 10.6 Å². The van der Waals surface area contributed by atoms with Crippen molar-refractivity contribution in [3.05, 3.63) is 34.9 Å². The largest absolute Gasteiger partial charge is 0.352 e. The van der Waals surface area contributed by atoms with E-state index in [0.29, 0.717) is 29.2 Å². The van der Waals surface area contributed by atoms with Gasteiger partial charge in [0.15, 0.2) is 0 Å². The number of imide groups is 1. The van der Waals surface area contributed by atoms with Crippen LogP contribution >= 0.6 is 12.4 Å². The van der Waals surface area contributed by atoms with Crippen LogP contribution in [0.2, 0.25) is 0 Å². The van der Waals surface area contributed by atoms with E-state index in [0.717, 1.165) is 38.8 Å². The highest BCUT2D eigenvalue weighted by atomic mass is 35.5. The molecule has 2 aliphatic heterocycles. The van der Waals surface area contributed by atoms with E-state index in [1.807, 2.05) is 0 Å². The van der Waals surface area contributed by atoms with Crippen molar-refractivity contribution >= 4 is 30.1 Å². The third kappa shape index (κ3) is 3.35. The van der Waals surface area contributed by atoms with Crippen LogP contribution in [-0.4, -0.2) is 48.3 Å². The van der Waals surface area contributed by atoms with Gasteiger partial charge >= 0.3 is 0 Å². The van der Waals surface area contributed by atoms with Crippen molar-refractivity contribution in [2.24, 2.45) is 5.92 Å². The van der Waals surface area contributed by atoms with E-state index in [-0.39, 0.29) is 36.2 Å². The van der Waals surface area contributed by atoms with Crippen LogP contribution in [0.15, 0.2) is 18.2 Å². The molecule has 2 N–H and O–H groups in total. The first-order chi connectivity index (χ1) is 12.1. The third-order valence-corrected chi connectivity index (χ3v) is 5.54. The maximum atomic E-state index is 12.8. The maximum absolute atomic E-state index is 12.8. The van der Waals surface area contributed by atoms with Gasteiger partial charge in [0, 0.05) is 37.2 Å². The second kappa shape index (κ2) is 7.76. The molecule has 1 aliphatic carbocycles. The number of hydrogen-bond acceptors (Lipinski definition) is 4. The molecule has 1 saturated carbocycles. The van der Waals surface area contributed by atoms with Crippen LogP contribution in [-0.2, 0) is 0 Å². The molecule has 0 spiro atoms. The average molecular weight is 378 g/mol.